The molecular formula is C26H34Cl2N4O3. The highest BCUT2D eigenvalue weighted by atomic mass is 35.5. The molecule has 0 aliphatic rings. The van der Waals surface area contributed by atoms with E-state index in [9.17, 15) is 15.0 Å². The van der Waals surface area contributed by atoms with Crippen molar-refractivity contribution >= 4 is 46.0 Å². The first kappa shape index (κ1) is 27.1. The monoisotopic (exact) mass is 520 g/mol. The number of fused-ring (bicyclic) bond motifs is 1. The number of para-hydroxylation sites is 1. The molecule has 1 heterocycles. The van der Waals surface area contributed by atoms with Crippen LogP contribution in [0, 0.1) is 0 Å². The number of aromatic nitrogens is 2. The Hall–Kier alpha value is -2.48. The van der Waals surface area contributed by atoms with Crippen molar-refractivity contribution in [1.29, 1.82) is 0 Å². The zero-order valence-electron chi connectivity index (χ0n) is 20.9. The summed E-state index contributed by atoms with van der Waals surface area (Å²) in [7, 11) is 0. The number of halogens is 2. The molecule has 1 atom stereocenters. The molecule has 0 fully saturated rings. The van der Waals surface area contributed by atoms with Crippen LogP contribution in [0.2, 0.25) is 10.0 Å². The number of nitrogens with zero attached hydrogens (tertiary/aromatic N) is 4. The lowest BCUT2D eigenvalue weighted by atomic mass is 10.1. The molecule has 0 radical (unpaired) electrons. The fourth-order valence-electron chi connectivity index (χ4n) is 4.41. The van der Waals surface area contributed by atoms with E-state index in [1.54, 1.807) is 18.2 Å². The van der Waals surface area contributed by atoms with E-state index in [2.05, 4.69) is 24.8 Å². The second-order valence-electron chi connectivity index (χ2n) is 9.47. The van der Waals surface area contributed by atoms with Gasteiger partial charge in [-0.25, -0.2) is 9.78 Å². The Labute approximate surface area is 216 Å². The van der Waals surface area contributed by atoms with E-state index in [1.165, 1.54) is 4.90 Å². The molecule has 0 bridgehead atoms. The van der Waals surface area contributed by atoms with Gasteiger partial charge in [0.2, 0.25) is 0 Å². The highest BCUT2D eigenvalue weighted by molar-refractivity contribution is 6.35. The minimum Gasteiger partial charge on any atom is -0.465 e. The van der Waals surface area contributed by atoms with Crippen LogP contribution in [0.15, 0.2) is 36.4 Å². The predicted molar refractivity (Wildman–Crippen MR) is 143 cm³/mol. The summed E-state index contributed by atoms with van der Waals surface area (Å²) in [5, 5.41) is 21.9. The summed E-state index contributed by atoms with van der Waals surface area (Å²) in [6.07, 6.45) is -1.48. The quantitative estimate of drug-likeness (QED) is 0.339. The van der Waals surface area contributed by atoms with E-state index in [0.29, 0.717) is 40.9 Å². The number of rotatable bonds is 9. The molecule has 1 unspecified atom stereocenters. The van der Waals surface area contributed by atoms with Crippen LogP contribution in [-0.2, 0) is 6.54 Å². The smallest absolute Gasteiger partial charge is 0.407 e. The third-order valence-electron chi connectivity index (χ3n) is 6.18. The number of carbonyl (C=O) groups is 1. The van der Waals surface area contributed by atoms with E-state index >= 15 is 0 Å². The van der Waals surface area contributed by atoms with Crippen molar-refractivity contribution in [3.63, 3.8) is 0 Å². The highest BCUT2D eigenvalue weighted by Gasteiger charge is 2.27. The van der Waals surface area contributed by atoms with Gasteiger partial charge in [0.1, 0.15) is 11.9 Å². The molecule has 2 aromatic carbocycles. The molecule has 1 aromatic heterocycles. The Bertz CT molecular complexity index is 1190. The van der Waals surface area contributed by atoms with Gasteiger partial charge in [0.25, 0.3) is 0 Å². The molecule has 1 amide bonds. The molecule has 0 saturated heterocycles. The normalized spacial score (nSPS) is 12.7. The zero-order valence-corrected chi connectivity index (χ0v) is 22.4. The van der Waals surface area contributed by atoms with Crippen molar-refractivity contribution in [1.82, 2.24) is 14.5 Å². The molecular weight excluding hydrogens is 487 g/mol. The number of anilines is 1. The Morgan fingerprint density at radius 1 is 1.14 bits per heavy atom. The van der Waals surface area contributed by atoms with Gasteiger partial charge in [0.05, 0.1) is 16.7 Å². The summed E-state index contributed by atoms with van der Waals surface area (Å²) in [6.45, 7) is 12.3. The van der Waals surface area contributed by atoms with Crippen LogP contribution >= 0.6 is 23.2 Å². The lowest BCUT2D eigenvalue weighted by Crippen LogP contribution is -2.45. The first-order valence-electron chi connectivity index (χ1n) is 11.9. The summed E-state index contributed by atoms with van der Waals surface area (Å²) in [6, 6.07) is 10.9. The number of hydrogen-bond donors (Lipinski definition) is 2. The number of benzene rings is 2. The van der Waals surface area contributed by atoms with Crippen LogP contribution in [0.25, 0.3) is 11.0 Å². The minimum absolute atomic E-state index is 0.350. The Kier molecular flexibility index (Phi) is 8.57. The first-order valence-corrected chi connectivity index (χ1v) is 12.6. The molecule has 0 spiro atoms. The van der Waals surface area contributed by atoms with Gasteiger partial charge in [0.15, 0.2) is 0 Å². The fraction of sp³-hybridized carbons (Fsp3) is 0.462. The van der Waals surface area contributed by atoms with E-state index < -0.39 is 17.7 Å². The second kappa shape index (κ2) is 11.1. The Morgan fingerprint density at radius 2 is 1.83 bits per heavy atom. The Balaban J connectivity index is 2.10. The number of carboxylic acid groups (broad SMARTS) is 1. The van der Waals surface area contributed by atoms with Crippen LogP contribution in [0.1, 0.15) is 58.5 Å². The van der Waals surface area contributed by atoms with Crippen LogP contribution in [0.4, 0.5) is 10.5 Å². The van der Waals surface area contributed by atoms with Gasteiger partial charge in [-0.3, -0.25) is 0 Å². The van der Waals surface area contributed by atoms with Crippen molar-refractivity contribution < 1.29 is 15.0 Å². The van der Waals surface area contributed by atoms with Crippen molar-refractivity contribution in [2.45, 2.75) is 59.2 Å². The van der Waals surface area contributed by atoms with Crippen molar-refractivity contribution in [3.05, 3.63) is 57.8 Å². The first-order chi connectivity index (χ1) is 16.5. The lowest BCUT2D eigenvalue weighted by molar-refractivity contribution is 0.0984. The third-order valence-corrected chi connectivity index (χ3v) is 6.75. The van der Waals surface area contributed by atoms with Gasteiger partial charge >= 0.3 is 6.09 Å². The van der Waals surface area contributed by atoms with Crippen LogP contribution in [0.5, 0.6) is 0 Å². The summed E-state index contributed by atoms with van der Waals surface area (Å²) >= 11 is 12.5. The SMILES string of the molecule is CCN(CC)c1cccc2nc(C(O)c3ccc(Cl)cc3Cl)n(CCCN(C(=O)O)C(C)(C)C)c12. The summed E-state index contributed by atoms with van der Waals surface area (Å²) < 4.78 is 2.00. The summed E-state index contributed by atoms with van der Waals surface area (Å²) in [5.41, 5.74) is 2.69. The number of aryl methyl sites for hydroxylation is 1. The molecule has 190 valence electrons. The van der Waals surface area contributed by atoms with Crippen LogP contribution in [-0.4, -0.2) is 55.9 Å². The molecule has 3 rings (SSSR count). The number of aliphatic hydroxyl groups excluding tert-OH is 1. The minimum atomic E-state index is -1.07. The fourth-order valence-corrected chi connectivity index (χ4v) is 4.92. The average molecular weight is 521 g/mol. The molecule has 0 saturated carbocycles. The Morgan fingerprint density at radius 3 is 2.40 bits per heavy atom. The standard InChI is InChI=1S/C26H34Cl2N4O3/c1-6-30(7-2)21-11-8-10-20-22(21)31(14-9-15-32(25(34)35)26(3,4)5)24(29-20)23(33)18-13-12-17(27)16-19(18)28/h8,10-13,16,23,33H,6-7,9,14-15H2,1-5H3,(H,34,35). The molecule has 2 N–H and O–H groups in total. The number of amides is 1. The number of hydrogen-bond acceptors (Lipinski definition) is 4. The van der Waals surface area contributed by atoms with E-state index in [1.807, 2.05) is 37.5 Å². The lowest BCUT2D eigenvalue weighted by Gasteiger charge is -2.33. The van der Waals surface area contributed by atoms with Gasteiger partial charge in [-0.2, -0.15) is 0 Å². The molecule has 3 aromatic rings. The second-order valence-corrected chi connectivity index (χ2v) is 10.3. The van der Waals surface area contributed by atoms with E-state index in [0.717, 1.165) is 29.8 Å². The van der Waals surface area contributed by atoms with E-state index in [4.69, 9.17) is 28.2 Å². The predicted octanol–water partition coefficient (Wildman–Crippen LogP) is 6.44. The third kappa shape index (κ3) is 5.85. The average Bonchev–Trinajstić information content (AvgIpc) is 3.15. The molecule has 0 aliphatic heterocycles. The maximum Gasteiger partial charge on any atom is 0.407 e. The van der Waals surface area contributed by atoms with E-state index in [-0.39, 0.29) is 0 Å². The zero-order chi connectivity index (χ0) is 25.9. The van der Waals surface area contributed by atoms with Crippen LogP contribution in [0.3, 0.4) is 0 Å². The molecule has 9 heteroatoms. The number of aliphatic hydroxyl groups is 1. The van der Waals surface area contributed by atoms with Crippen LogP contribution < -0.4 is 4.90 Å². The summed E-state index contributed by atoms with van der Waals surface area (Å²) in [5.74, 6) is 0.460. The maximum absolute atomic E-state index is 11.8. The maximum atomic E-state index is 11.8. The summed E-state index contributed by atoms with van der Waals surface area (Å²) in [4.78, 5) is 20.3. The van der Waals surface area contributed by atoms with Gasteiger partial charge in [-0.15, -0.1) is 0 Å². The molecule has 0 aliphatic carbocycles. The van der Waals surface area contributed by atoms with Gasteiger partial charge in [-0.05, 0) is 65.3 Å². The molecule has 7 nitrogen and oxygen atoms in total. The van der Waals surface area contributed by atoms with Crippen molar-refractivity contribution in [3.8, 4) is 0 Å². The van der Waals surface area contributed by atoms with Crippen molar-refractivity contribution in [2.75, 3.05) is 24.5 Å². The topological polar surface area (TPSA) is 81.8 Å². The molecule has 35 heavy (non-hydrogen) atoms. The van der Waals surface area contributed by atoms with Gasteiger partial charge in [-0.1, -0.05) is 35.3 Å². The van der Waals surface area contributed by atoms with Gasteiger partial charge in [0, 0.05) is 47.3 Å². The van der Waals surface area contributed by atoms with Gasteiger partial charge < -0.3 is 24.6 Å². The van der Waals surface area contributed by atoms with Crippen molar-refractivity contribution in [2.24, 2.45) is 0 Å². The highest BCUT2D eigenvalue weighted by Crippen LogP contribution is 2.35. The number of imidazole rings is 1. The largest absolute Gasteiger partial charge is 0.465 e.